The first kappa shape index (κ1) is 14.8. The zero-order chi connectivity index (χ0) is 15.4. The SMILES string of the molecule is CCOC(=O)c1ccc(NC(C)c2nncn2C)c(N)c1. The monoisotopic (exact) mass is 289 g/mol. The van der Waals surface area contributed by atoms with E-state index in [-0.39, 0.29) is 12.0 Å². The van der Waals surface area contributed by atoms with Crippen molar-refractivity contribution < 1.29 is 9.53 Å². The highest BCUT2D eigenvalue weighted by molar-refractivity contribution is 5.91. The van der Waals surface area contributed by atoms with Crippen LogP contribution in [0.1, 0.15) is 36.1 Å². The average molecular weight is 289 g/mol. The molecule has 1 heterocycles. The Balaban J connectivity index is 2.14. The van der Waals surface area contributed by atoms with Gasteiger partial charge in [-0.2, -0.15) is 0 Å². The number of aromatic nitrogens is 3. The lowest BCUT2D eigenvalue weighted by molar-refractivity contribution is 0.0526. The molecule has 0 amide bonds. The molecule has 0 aliphatic rings. The Morgan fingerprint density at radius 3 is 2.86 bits per heavy atom. The van der Waals surface area contributed by atoms with Crippen molar-refractivity contribution >= 4 is 17.3 Å². The fraction of sp³-hybridized carbons (Fsp3) is 0.357. The van der Waals surface area contributed by atoms with Crippen LogP contribution in [0.4, 0.5) is 11.4 Å². The normalized spacial score (nSPS) is 12.0. The van der Waals surface area contributed by atoms with Gasteiger partial charge in [-0.25, -0.2) is 4.79 Å². The first-order valence-electron chi connectivity index (χ1n) is 6.70. The number of rotatable bonds is 5. The van der Waals surface area contributed by atoms with Crippen LogP contribution in [0.15, 0.2) is 24.5 Å². The van der Waals surface area contributed by atoms with Crippen LogP contribution in [0.5, 0.6) is 0 Å². The average Bonchev–Trinajstić information content (AvgIpc) is 2.87. The summed E-state index contributed by atoms with van der Waals surface area (Å²) >= 11 is 0. The summed E-state index contributed by atoms with van der Waals surface area (Å²) in [5, 5.41) is 11.1. The van der Waals surface area contributed by atoms with Crippen molar-refractivity contribution in [3.63, 3.8) is 0 Å². The number of hydrogen-bond acceptors (Lipinski definition) is 6. The van der Waals surface area contributed by atoms with Crippen LogP contribution in [0.25, 0.3) is 0 Å². The lowest BCUT2D eigenvalue weighted by Crippen LogP contribution is -2.13. The van der Waals surface area contributed by atoms with Crippen LogP contribution in [-0.4, -0.2) is 27.3 Å². The van der Waals surface area contributed by atoms with Gasteiger partial charge in [0.1, 0.15) is 6.33 Å². The summed E-state index contributed by atoms with van der Waals surface area (Å²) < 4.78 is 6.78. The van der Waals surface area contributed by atoms with Crippen LogP contribution in [0, 0.1) is 0 Å². The fourth-order valence-electron chi connectivity index (χ4n) is 2.02. The molecule has 7 nitrogen and oxygen atoms in total. The van der Waals surface area contributed by atoms with Gasteiger partial charge in [-0.1, -0.05) is 0 Å². The predicted molar refractivity (Wildman–Crippen MR) is 79.9 cm³/mol. The Morgan fingerprint density at radius 1 is 1.52 bits per heavy atom. The van der Waals surface area contributed by atoms with Crippen LogP contribution in [0.3, 0.4) is 0 Å². The molecule has 0 aliphatic heterocycles. The largest absolute Gasteiger partial charge is 0.462 e. The van der Waals surface area contributed by atoms with Crippen molar-refractivity contribution in [1.82, 2.24) is 14.8 Å². The molecule has 0 bridgehead atoms. The standard InChI is InChI=1S/C14H19N5O2/c1-4-21-14(20)10-5-6-12(11(15)7-10)17-9(2)13-18-16-8-19(13)3/h5-9,17H,4,15H2,1-3H3. The number of carbonyl (C=O) groups is 1. The minimum Gasteiger partial charge on any atom is -0.462 e. The molecule has 2 rings (SSSR count). The Morgan fingerprint density at radius 2 is 2.29 bits per heavy atom. The number of nitrogens with zero attached hydrogens (tertiary/aromatic N) is 3. The van der Waals surface area contributed by atoms with Gasteiger partial charge in [0.2, 0.25) is 0 Å². The smallest absolute Gasteiger partial charge is 0.338 e. The number of hydrogen-bond donors (Lipinski definition) is 2. The first-order valence-corrected chi connectivity index (χ1v) is 6.70. The Kier molecular flexibility index (Phi) is 4.42. The van der Waals surface area contributed by atoms with Crippen molar-refractivity contribution in [1.29, 1.82) is 0 Å². The summed E-state index contributed by atoms with van der Waals surface area (Å²) in [6.07, 6.45) is 1.64. The molecule has 0 spiro atoms. The molecule has 1 unspecified atom stereocenters. The zero-order valence-corrected chi connectivity index (χ0v) is 12.3. The van der Waals surface area contributed by atoms with Gasteiger partial charge in [0.25, 0.3) is 0 Å². The first-order chi connectivity index (χ1) is 10.0. The molecule has 0 radical (unpaired) electrons. The molecule has 1 atom stereocenters. The van der Waals surface area contributed by atoms with Crippen molar-refractivity contribution in [2.45, 2.75) is 19.9 Å². The highest BCUT2D eigenvalue weighted by atomic mass is 16.5. The van der Waals surface area contributed by atoms with Crippen LogP contribution >= 0.6 is 0 Å². The second-order valence-electron chi connectivity index (χ2n) is 4.69. The number of esters is 1. The number of benzene rings is 1. The molecule has 2 aromatic rings. The second-order valence-corrected chi connectivity index (χ2v) is 4.69. The van der Waals surface area contributed by atoms with Gasteiger partial charge in [-0.15, -0.1) is 10.2 Å². The van der Waals surface area contributed by atoms with Crippen LogP contribution < -0.4 is 11.1 Å². The van der Waals surface area contributed by atoms with E-state index in [2.05, 4.69) is 15.5 Å². The van der Waals surface area contributed by atoms with E-state index in [9.17, 15) is 4.79 Å². The van der Waals surface area contributed by atoms with Crippen molar-refractivity contribution in [3.8, 4) is 0 Å². The minimum atomic E-state index is -0.378. The maximum Gasteiger partial charge on any atom is 0.338 e. The minimum absolute atomic E-state index is 0.0618. The number of ether oxygens (including phenoxy) is 1. The summed E-state index contributed by atoms with van der Waals surface area (Å²) in [6.45, 7) is 4.06. The summed E-state index contributed by atoms with van der Waals surface area (Å²) in [4.78, 5) is 11.6. The summed E-state index contributed by atoms with van der Waals surface area (Å²) in [7, 11) is 1.88. The van der Waals surface area contributed by atoms with E-state index in [1.54, 1.807) is 31.5 Å². The predicted octanol–water partition coefficient (Wildman–Crippen LogP) is 1.75. The van der Waals surface area contributed by atoms with Gasteiger partial charge >= 0.3 is 5.97 Å². The molecule has 21 heavy (non-hydrogen) atoms. The van der Waals surface area contributed by atoms with E-state index in [0.717, 1.165) is 11.5 Å². The number of carbonyl (C=O) groups excluding carboxylic acids is 1. The van der Waals surface area contributed by atoms with E-state index in [1.165, 1.54) is 0 Å². The Labute approximate surface area is 123 Å². The van der Waals surface area contributed by atoms with E-state index in [0.29, 0.717) is 17.9 Å². The zero-order valence-electron chi connectivity index (χ0n) is 12.3. The number of nitrogens with two attached hydrogens (primary N) is 1. The van der Waals surface area contributed by atoms with E-state index < -0.39 is 0 Å². The lowest BCUT2D eigenvalue weighted by atomic mass is 10.1. The molecule has 0 saturated heterocycles. The van der Waals surface area contributed by atoms with Crippen LogP contribution in [-0.2, 0) is 11.8 Å². The second kappa shape index (κ2) is 6.25. The lowest BCUT2D eigenvalue weighted by Gasteiger charge is -2.16. The molecule has 1 aromatic heterocycles. The summed E-state index contributed by atoms with van der Waals surface area (Å²) in [5.74, 6) is 0.418. The molecule has 7 heteroatoms. The number of anilines is 2. The third-order valence-electron chi connectivity index (χ3n) is 3.07. The van der Waals surface area contributed by atoms with Gasteiger partial charge in [0.05, 0.1) is 29.6 Å². The summed E-state index contributed by atoms with van der Waals surface area (Å²) in [5.41, 5.74) is 7.63. The molecule has 112 valence electrons. The van der Waals surface area contributed by atoms with E-state index in [1.807, 2.05) is 18.5 Å². The fourth-order valence-corrected chi connectivity index (χ4v) is 2.02. The van der Waals surface area contributed by atoms with Gasteiger partial charge in [-0.05, 0) is 32.0 Å². The van der Waals surface area contributed by atoms with Gasteiger partial charge in [0, 0.05) is 7.05 Å². The third-order valence-corrected chi connectivity index (χ3v) is 3.07. The van der Waals surface area contributed by atoms with E-state index in [4.69, 9.17) is 10.5 Å². The summed E-state index contributed by atoms with van der Waals surface area (Å²) in [6, 6.07) is 4.98. The van der Waals surface area contributed by atoms with Gasteiger partial charge in [0.15, 0.2) is 5.82 Å². The number of aryl methyl sites for hydroxylation is 1. The quantitative estimate of drug-likeness (QED) is 0.643. The van der Waals surface area contributed by atoms with Crippen LogP contribution in [0.2, 0.25) is 0 Å². The van der Waals surface area contributed by atoms with Gasteiger partial charge < -0.3 is 20.4 Å². The third kappa shape index (κ3) is 3.31. The molecular formula is C14H19N5O2. The molecule has 3 N–H and O–H groups in total. The molecule has 0 fully saturated rings. The maximum atomic E-state index is 11.6. The van der Waals surface area contributed by atoms with Crippen molar-refractivity contribution in [2.75, 3.05) is 17.7 Å². The highest BCUT2D eigenvalue weighted by Crippen LogP contribution is 2.24. The highest BCUT2D eigenvalue weighted by Gasteiger charge is 2.14. The molecule has 0 aliphatic carbocycles. The van der Waals surface area contributed by atoms with Gasteiger partial charge in [-0.3, -0.25) is 0 Å². The molecule has 1 aromatic carbocycles. The van der Waals surface area contributed by atoms with E-state index >= 15 is 0 Å². The molecular weight excluding hydrogens is 270 g/mol. The van der Waals surface area contributed by atoms with Crippen molar-refractivity contribution in [2.24, 2.45) is 7.05 Å². The van der Waals surface area contributed by atoms with Crippen molar-refractivity contribution in [3.05, 3.63) is 35.9 Å². The number of nitrogens with one attached hydrogen (secondary N) is 1. The number of nitrogen functional groups attached to an aromatic ring is 1. The maximum absolute atomic E-state index is 11.6. The Hall–Kier alpha value is -2.57. The Bertz CT molecular complexity index is 638. The molecule has 0 saturated carbocycles. The topological polar surface area (TPSA) is 95.1 Å².